The van der Waals surface area contributed by atoms with E-state index in [1.165, 1.54) is 11.3 Å². The smallest absolute Gasteiger partial charge is 0.189 e. The van der Waals surface area contributed by atoms with Gasteiger partial charge < -0.3 is 5.73 Å². The molecule has 2 atom stereocenters. The number of pyridine rings is 1. The molecule has 0 aromatic carbocycles. The number of halogens is 1. The van der Waals surface area contributed by atoms with Gasteiger partial charge >= 0.3 is 0 Å². The number of Topliss-reactive ketones (excluding diaryl/α,β-unsaturated/α-hetero) is 1. The Bertz CT molecular complexity index is 842. The molecule has 21 heavy (non-hydrogen) atoms. The molecule has 0 spiro atoms. The second-order valence-corrected chi connectivity index (χ2v) is 5.97. The van der Waals surface area contributed by atoms with Gasteiger partial charge in [-0.15, -0.1) is 11.3 Å². The molecular weight excluding hydrogens is 291 g/mol. The first-order chi connectivity index (χ1) is 10.1. The van der Waals surface area contributed by atoms with E-state index >= 15 is 0 Å². The number of thiazole rings is 1. The van der Waals surface area contributed by atoms with Gasteiger partial charge in [0.05, 0.1) is 16.3 Å². The van der Waals surface area contributed by atoms with Gasteiger partial charge in [0.15, 0.2) is 11.6 Å². The van der Waals surface area contributed by atoms with Gasteiger partial charge in [-0.1, -0.05) is 0 Å². The number of carbonyl (C=O) groups is 1. The van der Waals surface area contributed by atoms with Gasteiger partial charge in [0.1, 0.15) is 17.5 Å². The maximum Gasteiger partial charge on any atom is 0.189 e. The molecule has 4 rings (SSSR count). The first-order valence-corrected chi connectivity index (χ1v) is 7.38. The molecule has 3 aromatic heterocycles. The van der Waals surface area contributed by atoms with Crippen LogP contribution in [0.1, 0.15) is 16.9 Å². The van der Waals surface area contributed by atoms with Crippen LogP contribution in [0.5, 0.6) is 0 Å². The SMILES string of the molecule is Nc1nc2ccc(-c3cncs3)cn2c1C(=O)[C@@H]1C[C@@H]1F. The first-order valence-electron chi connectivity index (χ1n) is 6.50. The summed E-state index contributed by atoms with van der Waals surface area (Å²) < 4.78 is 14.8. The number of imidazole rings is 1. The molecular formula is C14H11FN4OS. The fraction of sp³-hybridized carbons (Fsp3) is 0.214. The molecule has 0 bridgehead atoms. The van der Waals surface area contributed by atoms with Crippen LogP contribution < -0.4 is 5.73 Å². The van der Waals surface area contributed by atoms with Crippen LogP contribution in [-0.4, -0.2) is 26.3 Å². The van der Waals surface area contributed by atoms with Crippen molar-refractivity contribution in [1.82, 2.24) is 14.4 Å². The lowest BCUT2D eigenvalue weighted by molar-refractivity contribution is 0.0952. The van der Waals surface area contributed by atoms with E-state index in [2.05, 4.69) is 9.97 Å². The van der Waals surface area contributed by atoms with Crippen molar-refractivity contribution in [2.45, 2.75) is 12.6 Å². The molecule has 5 nitrogen and oxygen atoms in total. The highest BCUT2D eigenvalue weighted by Crippen LogP contribution is 2.38. The summed E-state index contributed by atoms with van der Waals surface area (Å²) in [7, 11) is 0. The number of ketones is 1. The van der Waals surface area contributed by atoms with Gasteiger partial charge in [0, 0.05) is 18.0 Å². The third-order valence-corrected chi connectivity index (χ3v) is 4.47. The number of nitrogen functional groups attached to an aromatic ring is 1. The van der Waals surface area contributed by atoms with E-state index in [0.717, 1.165) is 10.4 Å². The normalized spacial score (nSPS) is 20.8. The zero-order valence-electron chi connectivity index (χ0n) is 10.9. The van der Waals surface area contributed by atoms with E-state index in [4.69, 9.17) is 5.73 Å². The zero-order chi connectivity index (χ0) is 14.6. The van der Waals surface area contributed by atoms with Gasteiger partial charge in [0.25, 0.3) is 0 Å². The summed E-state index contributed by atoms with van der Waals surface area (Å²) in [6.45, 7) is 0. The molecule has 2 N–H and O–H groups in total. The van der Waals surface area contributed by atoms with Crippen LogP contribution in [0.15, 0.2) is 30.0 Å². The molecule has 7 heteroatoms. The molecule has 3 heterocycles. The van der Waals surface area contributed by atoms with Crippen LogP contribution in [-0.2, 0) is 0 Å². The van der Waals surface area contributed by atoms with Crippen molar-refractivity contribution in [3.8, 4) is 10.4 Å². The summed E-state index contributed by atoms with van der Waals surface area (Å²) in [6.07, 6.45) is 2.79. The third-order valence-electron chi connectivity index (χ3n) is 3.65. The average molecular weight is 302 g/mol. The highest BCUT2D eigenvalue weighted by molar-refractivity contribution is 7.13. The molecule has 1 aliphatic rings. The predicted molar refractivity (Wildman–Crippen MR) is 78.0 cm³/mol. The molecule has 0 radical (unpaired) electrons. The Morgan fingerprint density at radius 1 is 1.48 bits per heavy atom. The fourth-order valence-corrected chi connectivity index (χ4v) is 3.04. The number of nitrogens with zero attached hydrogens (tertiary/aromatic N) is 3. The number of alkyl halides is 1. The molecule has 1 saturated carbocycles. The summed E-state index contributed by atoms with van der Waals surface area (Å²) in [5, 5.41) is 0. The molecule has 106 valence electrons. The van der Waals surface area contributed by atoms with Crippen LogP contribution in [0.4, 0.5) is 10.2 Å². The highest BCUT2D eigenvalue weighted by Gasteiger charge is 2.45. The third kappa shape index (κ3) is 1.92. The van der Waals surface area contributed by atoms with Crippen molar-refractivity contribution in [3.63, 3.8) is 0 Å². The van der Waals surface area contributed by atoms with Gasteiger partial charge in [-0.2, -0.15) is 0 Å². The number of hydrogen-bond acceptors (Lipinski definition) is 5. The summed E-state index contributed by atoms with van der Waals surface area (Å²) in [6, 6.07) is 3.70. The largest absolute Gasteiger partial charge is 0.382 e. The summed E-state index contributed by atoms with van der Waals surface area (Å²) >= 11 is 1.50. The molecule has 0 saturated heterocycles. The van der Waals surface area contributed by atoms with E-state index in [1.807, 2.05) is 6.07 Å². The van der Waals surface area contributed by atoms with Gasteiger partial charge in [0.2, 0.25) is 0 Å². The van der Waals surface area contributed by atoms with E-state index in [9.17, 15) is 9.18 Å². The van der Waals surface area contributed by atoms with Crippen molar-refractivity contribution in [3.05, 3.63) is 35.7 Å². The first kappa shape index (κ1) is 12.5. The summed E-state index contributed by atoms with van der Waals surface area (Å²) in [5.74, 6) is -0.686. The summed E-state index contributed by atoms with van der Waals surface area (Å²) in [5.41, 5.74) is 9.37. The molecule has 1 fully saturated rings. The maximum atomic E-state index is 13.2. The Morgan fingerprint density at radius 2 is 2.29 bits per heavy atom. The number of anilines is 1. The van der Waals surface area contributed by atoms with Crippen LogP contribution in [0.2, 0.25) is 0 Å². The molecule has 0 unspecified atom stereocenters. The number of aromatic nitrogens is 3. The van der Waals surface area contributed by atoms with E-state index in [1.54, 1.807) is 28.4 Å². The van der Waals surface area contributed by atoms with Crippen LogP contribution in [0.3, 0.4) is 0 Å². The molecule has 3 aromatic rings. The van der Waals surface area contributed by atoms with Crippen LogP contribution in [0.25, 0.3) is 16.1 Å². The van der Waals surface area contributed by atoms with Crippen molar-refractivity contribution < 1.29 is 9.18 Å². The zero-order valence-corrected chi connectivity index (χ0v) is 11.7. The Morgan fingerprint density at radius 3 is 2.95 bits per heavy atom. The number of hydrogen-bond donors (Lipinski definition) is 1. The number of carbonyl (C=O) groups excluding carboxylic acids is 1. The van der Waals surface area contributed by atoms with E-state index in [-0.39, 0.29) is 23.7 Å². The van der Waals surface area contributed by atoms with Crippen LogP contribution >= 0.6 is 11.3 Å². The average Bonchev–Trinajstić information content (AvgIpc) is 2.91. The van der Waals surface area contributed by atoms with Crippen LogP contribution in [0, 0.1) is 5.92 Å². The molecule has 1 aliphatic carbocycles. The molecule has 0 amide bonds. The van der Waals surface area contributed by atoms with E-state index in [0.29, 0.717) is 5.65 Å². The Kier molecular flexibility index (Phi) is 2.58. The lowest BCUT2D eigenvalue weighted by Gasteiger charge is -2.03. The lowest BCUT2D eigenvalue weighted by atomic mass is 10.2. The minimum absolute atomic E-state index is 0.153. The standard InChI is InChI=1S/C14H11FN4OS/c15-9-3-8(9)13(20)12-14(16)18-11-2-1-7(5-19(11)12)10-4-17-6-21-10/h1-2,4-6,8-9H,3,16H2/t8-,9+/m1/s1. The van der Waals surface area contributed by atoms with Crippen molar-refractivity contribution in [2.75, 3.05) is 5.73 Å². The Hall–Kier alpha value is -2.28. The van der Waals surface area contributed by atoms with Crippen molar-refractivity contribution >= 4 is 28.6 Å². The maximum absolute atomic E-state index is 13.2. The van der Waals surface area contributed by atoms with Gasteiger partial charge in [-0.3, -0.25) is 14.2 Å². The number of fused-ring (bicyclic) bond motifs is 1. The second-order valence-electron chi connectivity index (χ2n) is 5.08. The highest BCUT2D eigenvalue weighted by atomic mass is 32.1. The van der Waals surface area contributed by atoms with Gasteiger partial charge in [-0.05, 0) is 18.6 Å². The van der Waals surface area contributed by atoms with E-state index < -0.39 is 12.1 Å². The number of rotatable bonds is 3. The second kappa shape index (κ2) is 4.36. The van der Waals surface area contributed by atoms with Crippen molar-refractivity contribution in [1.29, 1.82) is 0 Å². The Balaban J connectivity index is 1.87. The van der Waals surface area contributed by atoms with Gasteiger partial charge in [-0.25, -0.2) is 9.37 Å². The summed E-state index contributed by atoms with van der Waals surface area (Å²) in [4.78, 5) is 21.5. The van der Waals surface area contributed by atoms with Crippen molar-refractivity contribution in [2.24, 2.45) is 5.92 Å². The lowest BCUT2D eigenvalue weighted by Crippen LogP contribution is -2.10. The fourth-order valence-electron chi connectivity index (χ4n) is 2.42. The molecule has 0 aliphatic heterocycles. The minimum atomic E-state index is -1.05. The Labute approximate surface area is 123 Å². The minimum Gasteiger partial charge on any atom is -0.382 e. The monoisotopic (exact) mass is 302 g/mol. The number of nitrogens with two attached hydrogens (primary N) is 1. The predicted octanol–water partition coefficient (Wildman–Crippen LogP) is 2.58. The topological polar surface area (TPSA) is 73.3 Å². The quantitative estimate of drug-likeness (QED) is 0.755.